The van der Waals surface area contributed by atoms with Gasteiger partial charge in [-0.25, -0.2) is 9.48 Å². The normalized spacial score (nSPS) is 16.0. The van der Waals surface area contributed by atoms with Gasteiger partial charge in [-0.2, -0.15) is 5.10 Å². The summed E-state index contributed by atoms with van der Waals surface area (Å²) < 4.78 is 7.17. The second-order valence-corrected chi connectivity index (χ2v) is 7.78. The van der Waals surface area contributed by atoms with Crippen LogP contribution in [0.1, 0.15) is 31.0 Å². The number of aryl methyl sites for hydroxylation is 1. The number of carbonyl (C=O) groups is 1. The van der Waals surface area contributed by atoms with Gasteiger partial charge in [-0.3, -0.25) is 0 Å². The Bertz CT molecular complexity index is 1150. The molecule has 0 amide bonds. The van der Waals surface area contributed by atoms with Crippen LogP contribution in [-0.2, 0) is 9.53 Å². The van der Waals surface area contributed by atoms with Crippen LogP contribution in [0.4, 0.5) is 0 Å². The van der Waals surface area contributed by atoms with Gasteiger partial charge in [0.1, 0.15) is 0 Å². The van der Waals surface area contributed by atoms with Crippen LogP contribution in [-0.4, -0.2) is 27.5 Å². The van der Waals surface area contributed by atoms with E-state index in [-0.39, 0.29) is 5.97 Å². The molecule has 1 aromatic heterocycles. The molecule has 7 heteroatoms. The molecule has 6 nitrogen and oxygen atoms in total. The number of nitrogens with zero attached hydrogens (tertiary/aromatic N) is 2. The zero-order chi connectivity index (χ0) is 22.0. The number of ether oxygens (including phenoxy) is 1. The van der Waals surface area contributed by atoms with Crippen molar-refractivity contribution >= 4 is 23.3 Å². The first-order valence-electron chi connectivity index (χ1n) is 10.2. The van der Waals surface area contributed by atoms with Crippen LogP contribution in [0, 0.1) is 6.92 Å². The van der Waals surface area contributed by atoms with Crippen LogP contribution >= 0.6 is 12.2 Å². The Kier molecular flexibility index (Phi) is 5.86. The summed E-state index contributed by atoms with van der Waals surface area (Å²) in [7, 11) is 0. The van der Waals surface area contributed by atoms with Gasteiger partial charge in [-0.1, -0.05) is 48.0 Å². The number of hydrogen-bond donors (Lipinski definition) is 2. The van der Waals surface area contributed by atoms with Crippen molar-refractivity contribution in [3.8, 4) is 16.9 Å². The highest BCUT2D eigenvalue weighted by atomic mass is 32.1. The molecule has 0 saturated carbocycles. The summed E-state index contributed by atoms with van der Waals surface area (Å²) in [6.45, 7) is 5.97. The quantitative estimate of drug-likeness (QED) is 0.465. The maximum Gasteiger partial charge on any atom is 0.338 e. The van der Waals surface area contributed by atoms with E-state index in [4.69, 9.17) is 22.1 Å². The lowest BCUT2D eigenvalue weighted by Gasteiger charge is -2.29. The fraction of sp³-hybridized carbons (Fsp3) is 0.208. The summed E-state index contributed by atoms with van der Waals surface area (Å²) in [5.74, 6) is -0.380. The first kappa shape index (κ1) is 20.8. The van der Waals surface area contributed by atoms with Crippen molar-refractivity contribution in [1.82, 2.24) is 20.4 Å². The lowest BCUT2D eigenvalue weighted by molar-refractivity contribution is -0.139. The van der Waals surface area contributed by atoms with Crippen LogP contribution in [0.5, 0.6) is 0 Å². The summed E-state index contributed by atoms with van der Waals surface area (Å²) in [5.41, 5.74) is 5.85. The Balaban J connectivity index is 1.90. The van der Waals surface area contributed by atoms with Gasteiger partial charge in [0, 0.05) is 23.0 Å². The first-order chi connectivity index (χ1) is 15.0. The zero-order valence-corrected chi connectivity index (χ0v) is 18.5. The molecule has 0 fully saturated rings. The number of nitrogens with one attached hydrogen (secondary N) is 2. The summed E-state index contributed by atoms with van der Waals surface area (Å²) >= 11 is 5.41. The van der Waals surface area contributed by atoms with Crippen molar-refractivity contribution in [3.05, 3.63) is 83.2 Å². The van der Waals surface area contributed by atoms with Crippen molar-refractivity contribution in [1.29, 1.82) is 0 Å². The molecule has 0 radical (unpaired) electrons. The molecular formula is C24H24N4O2S. The molecule has 2 N–H and O–H groups in total. The van der Waals surface area contributed by atoms with E-state index in [1.165, 1.54) is 0 Å². The van der Waals surface area contributed by atoms with Gasteiger partial charge in [0.05, 0.1) is 29.6 Å². The molecule has 0 spiro atoms. The molecule has 3 aromatic rings. The molecule has 1 atom stereocenters. The summed E-state index contributed by atoms with van der Waals surface area (Å²) in [4.78, 5) is 12.8. The zero-order valence-electron chi connectivity index (χ0n) is 17.7. The number of esters is 1. The lowest BCUT2D eigenvalue weighted by atomic mass is 9.93. The van der Waals surface area contributed by atoms with E-state index in [0.717, 1.165) is 28.1 Å². The van der Waals surface area contributed by atoms with Crippen LogP contribution in [0.2, 0.25) is 0 Å². The maximum atomic E-state index is 12.8. The van der Waals surface area contributed by atoms with Crippen LogP contribution < -0.4 is 10.6 Å². The average Bonchev–Trinajstić information content (AvgIpc) is 3.20. The number of rotatable bonds is 5. The van der Waals surface area contributed by atoms with Gasteiger partial charge in [0.2, 0.25) is 0 Å². The van der Waals surface area contributed by atoms with E-state index in [1.54, 1.807) is 6.92 Å². The molecule has 31 heavy (non-hydrogen) atoms. The van der Waals surface area contributed by atoms with Crippen molar-refractivity contribution in [2.75, 3.05) is 6.61 Å². The van der Waals surface area contributed by atoms with E-state index < -0.39 is 6.04 Å². The molecule has 158 valence electrons. The monoisotopic (exact) mass is 432 g/mol. The van der Waals surface area contributed by atoms with E-state index >= 15 is 0 Å². The van der Waals surface area contributed by atoms with Gasteiger partial charge in [0.25, 0.3) is 0 Å². The maximum absolute atomic E-state index is 12.8. The minimum absolute atomic E-state index is 0.293. The number of allylic oxidation sites excluding steroid dienone is 1. The van der Waals surface area contributed by atoms with E-state index in [1.807, 2.05) is 67.2 Å². The highest BCUT2D eigenvalue weighted by Gasteiger charge is 2.34. The Morgan fingerprint density at radius 3 is 2.52 bits per heavy atom. The molecular weight excluding hydrogens is 408 g/mol. The van der Waals surface area contributed by atoms with Crippen molar-refractivity contribution in [2.45, 2.75) is 26.8 Å². The predicted molar refractivity (Wildman–Crippen MR) is 125 cm³/mol. The molecule has 0 bridgehead atoms. The lowest BCUT2D eigenvalue weighted by Crippen LogP contribution is -2.45. The molecule has 0 unspecified atom stereocenters. The minimum Gasteiger partial charge on any atom is -0.463 e. The van der Waals surface area contributed by atoms with Gasteiger partial charge < -0.3 is 15.4 Å². The van der Waals surface area contributed by atoms with E-state index in [2.05, 4.69) is 22.8 Å². The van der Waals surface area contributed by atoms with E-state index in [0.29, 0.717) is 23.0 Å². The van der Waals surface area contributed by atoms with Crippen LogP contribution in [0.25, 0.3) is 16.9 Å². The fourth-order valence-electron chi connectivity index (χ4n) is 3.65. The molecule has 1 aliphatic rings. The number of thiocarbonyl (C=S) groups is 1. The Morgan fingerprint density at radius 2 is 1.84 bits per heavy atom. The van der Waals surface area contributed by atoms with Gasteiger partial charge in [-0.05, 0) is 45.1 Å². The number of benzene rings is 2. The number of hydrogen-bond acceptors (Lipinski definition) is 4. The SMILES string of the molecule is CCOC(=O)C1=C(C)NC(=S)N[C@H]1c1cn(-c2ccccc2)nc1-c1ccc(C)cc1. The Labute approximate surface area is 186 Å². The average molecular weight is 433 g/mol. The molecule has 2 aromatic carbocycles. The summed E-state index contributed by atoms with van der Waals surface area (Å²) in [5, 5.41) is 11.6. The third-order valence-electron chi connectivity index (χ3n) is 5.16. The predicted octanol–water partition coefficient (Wildman–Crippen LogP) is 4.20. The highest BCUT2D eigenvalue weighted by Crippen LogP contribution is 2.35. The Hall–Kier alpha value is -3.45. The third kappa shape index (κ3) is 4.22. The van der Waals surface area contributed by atoms with Crippen molar-refractivity contribution < 1.29 is 9.53 Å². The Morgan fingerprint density at radius 1 is 1.13 bits per heavy atom. The molecule has 2 heterocycles. The minimum atomic E-state index is -0.485. The first-order valence-corrected chi connectivity index (χ1v) is 10.6. The second kappa shape index (κ2) is 8.73. The van der Waals surface area contributed by atoms with Gasteiger partial charge in [-0.15, -0.1) is 0 Å². The van der Waals surface area contributed by atoms with Crippen molar-refractivity contribution in [3.63, 3.8) is 0 Å². The van der Waals surface area contributed by atoms with Crippen LogP contribution in [0.15, 0.2) is 72.1 Å². The number of aromatic nitrogens is 2. The second-order valence-electron chi connectivity index (χ2n) is 7.37. The summed E-state index contributed by atoms with van der Waals surface area (Å²) in [6, 6.07) is 17.6. The third-order valence-corrected chi connectivity index (χ3v) is 5.38. The smallest absolute Gasteiger partial charge is 0.338 e. The van der Waals surface area contributed by atoms with E-state index in [9.17, 15) is 4.79 Å². The van der Waals surface area contributed by atoms with Crippen LogP contribution in [0.3, 0.4) is 0 Å². The topological polar surface area (TPSA) is 68.2 Å². The largest absolute Gasteiger partial charge is 0.463 e. The standard InChI is InChI=1S/C24H24N4O2S/c1-4-30-23(29)20-16(3)25-24(31)26-22(20)19-14-28(18-8-6-5-7-9-18)27-21(19)17-12-10-15(2)11-13-17/h5-14,22H,4H2,1-3H3,(H2,25,26,31)/t22-/m0/s1. The molecule has 0 aliphatic carbocycles. The van der Waals surface area contributed by atoms with Gasteiger partial charge in [0.15, 0.2) is 5.11 Å². The fourth-order valence-corrected chi connectivity index (χ4v) is 3.92. The molecule has 4 rings (SSSR count). The highest BCUT2D eigenvalue weighted by molar-refractivity contribution is 7.80. The molecule has 1 aliphatic heterocycles. The van der Waals surface area contributed by atoms with Gasteiger partial charge >= 0.3 is 5.97 Å². The molecule has 0 saturated heterocycles. The number of para-hydroxylation sites is 1. The summed E-state index contributed by atoms with van der Waals surface area (Å²) in [6.07, 6.45) is 1.95. The van der Waals surface area contributed by atoms with Crippen molar-refractivity contribution in [2.24, 2.45) is 0 Å². The number of carbonyl (C=O) groups excluding carboxylic acids is 1.